The van der Waals surface area contributed by atoms with E-state index in [1.54, 1.807) is 0 Å². The molecule has 0 spiro atoms. The van der Waals surface area contributed by atoms with Gasteiger partial charge in [-0.1, -0.05) is 32.4 Å². The average Bonchev–Trinajstić information content (AvgIpc) is 2.40. The third-order valence-corrected chi connectivity index (χ3v) is 2.91. The SMILES string of the molecule is CCCCOc1ccc(C[C@H](N)C(=O)CC)cc1. The summed E-state index contributed by atoms with van der Waals surface area (Å²) in [5.41, 5.74) is 6.89. The van der Waals surface area contributed by atoms with Crippen LogP contribution in [0.5, 0.6) is 5.75 Å². The Kier molecular flexibility index (Phi) is 6.44. The van der Waals surface area contributed by atoms with E-state index in [-0.39, 0.29) is 11.8 Å². The predicted octanol–water partition coefficient (Wildman–Crippen LogP) is 2.71. The molecule has 0 aliphatic carbocycles. The summed E-state index contributed by atoms with van der Waals surface area (Å²) in [4.78, 5) is 11.4. The maximum absolute atomic E-state index is 11.4. The maximum atomic E-state index is 11.4. The lowest BCUT2D eigenvalue weighted by atomic mass is 10.0. The van der Waals surface area contributed by atoms with Crippen molar-refractivity contribution in [1.82, 2.24) is 0 Å². The Morgan fingerprint density at radius 2 is 1.94 bits per heavy atom. The zero-order valence-electron chi connectivity index (χ0n) is 11.3. The summed E-state index contributed by atoms with van der Waals surface area (Å²) in [6.07, 6.45) is 3.30. The van der Waals surface area contributed by atoms with Crippen molar-refractivity contribution in [3.63, 3.8) is 0 Å². The van der Waals surface area contributed by atoms with Gasteiger partial charge in [-0.05, 0) is 30.5 Å². The number of benzene rings is 1. The summed E-state index contributed by atoms with van der Waals surface area (Å²) in [5.74, 6) is 0.987. The number of unbranched alkanes of at least 4 members (excludes halogenated alkanes) is 1. The van der Waals surface area contributed by atoms with Crippen LogP contribution in [0.4, 0.5) is 0 Å². The van der Waals surface area contributed by atoms with Gasteiger partial charge < -0.3 is 10.5 Å². The van der Waals surface area contributed by atoms with Crippen molar-refractivity contribution in [3.05, 3.63) is 29.8 Å². The molecule has 0 fully saturated rings. The highest BCUT2D eigenvalue weighted by atomic mass is 16.5. The van der Waals surface area contributed by atoms with E-state index in [2.05, 4.69) is 6.92 Å². The van der Waals surface area contributed by atoms with Crippen LogP contribution in [0.1, 0.15) is 38.7 Å². The van der Waals surface area contributed by atoms with Gasteiger partial charge in [0, 0.05) is 6.42 Å². The molecular formula is C15H23NO2. The van der Waals surface area contributed by atoms with Crippen LogP contribution < -0.4 is 10.5 Å². The lowest BCUT2D eigenvalue weighted by Crippen LogP contribution is -2.32. The monoisotopic (exact) mass is 249 g/mol. The van der Waals surface area contributed by atoms with Crippen LogP contribution in [0, 0.1) is 0 Å². The standard InChI is InChI=1S/C15H23NO2/c1-3-5-10-18-13-8-6-12(7-9-13)11-14(16)15(17)4-2/h6-9,14H,3-5,10-11,16H2,1-2H3/t14-/m0/s1. The number of ketones is 1. The van der Waals surface area contributed by atoms with Gasteiger partial charge in [-0.2, -0.15) is 0 Å². The fourth-order valence-corrected chi connectivity index (χ4v) is 1.69. The molecule has 0 heterocycles. The van der Waals surface area contributed by atoms with Gasteiger partial charge in [0.1, 0.15) is 11.5 Å². The van der Waals surface area contributed by atoms with Crippen molar-refractivity contribution in [3.8, 4) is 5.75 Å². The second-order valence-electron chi connectivity index (χ2n) is 4.48. The van der Waals surface area contributed by atoms with Crippen molar-refractivity contribution >= 4 is 5.78 Å². The zero-order valence-corrected chi connectivity index (χ0v) is 11.3. The molecule has 0 saturated heterocycles. The van der Waals surface area contributed by atoms with Crippen LogP contribution in [-0.4, -0.2) is 18.4 Å². The Morgan fingerprint density at radius 1 is 1.28 bits per heavy atom. The van der Waals surface area contributed by atoms with Gasteiger partial charge in [0.15, 0.2) is 0 Å². The number of hydrogen-bond acceptors (Lipinski definition) is 3. The molecule has 0 aromatic heterocycles. The van der Waals surface area contributed by atoms with E-state index in [1.165, 1.54) is 0 Å². The van der Waals surface area contributed by atoms with Gasteiger partial charge in [0.25, 0.3) is 0 Å². The van der Waals surface area contributed by atoms with Crippen LogP contribution >= 0.6 is 0 Å². The molecule has 3 nitrogen and oxygen atoms in total. The molecule has 0 amide bonds. The molecule has 0 radical (unpaired) electrons. The van der Waals surface area contributed by atoms with Gasteiger partial charge in [0.2, 0.25) is 0 Å². The van der Waals surface area contributed by atoms with Gasteiger partial charge in [0.05, 0.1) is 12.6 Å². The van der Waals surface area contributed by atoms with E-state index >= 15 is 0 Å². The van der Waals surface area contributed by atoms with Crippen molar-refractivity contribution in [1.29, 1.82) is 0 Å². The minimum Gasteiger partial charge on any atom is -0.494 e. The lowest BCUT2D eigenvalue weighted by molar-refractivity contribution is -0.119. The molecule has 1 rings (SSSR count). The van der Waals surface area contributed by atoms with Crippen molar-refractivity contribution in [2.45, 2.75) is 45.6 Å². The van der Waals surface area contributed by atoms with Crippen LogP contribution in [-0.2, 0) is 11.2 Å². The van der Waals surface area contributed by atoms with Crippen molar-refractivity contribution in [2.24, 2.45) is 5.73 Å². The first-order chi connectivity index (χ1) is 8.67. The number of carbonyl (C=O) groups excluding carboxylic acids is 1. The second kappa shape index (κ2) is 7.88. The highest BCUT2D eigenvalue weighted by Crippen LogP contribution is 2.14. The predicted molar refractivity (Wildman–Crippen MR) is 73.8 cm³/mol. The van der Waals surface area contributed by atoms with E-state index in [4.69, 9.17) is 10.5 Å². The van der Waals surface area contributed by atoms with Crippen LogP contribution in [0.15, 0.2) is 24.3 Å². The Hall–Kier alpha value is -1.35. The Labute approximate surface area is 109 Å². The summed E-state index contributed by atoms with van der Waals surface area (Å²) in [7, 11) is 0. The highest BCUT2D eigenvalue weighted by Gasteiger charge is 2.11. The van der Waals surface area contributed by atoms with E-state index in [1.807, 2.05) is 31.2 Å². The number of rotatable bonds is 8. The molecule has 0 bridgehead atoms. The molecule has 100 valence electrons. The normalized spacial score (nSPS) is 12.2. The van der Waals surface area contributed by atoms with Gasteiger partial charge >= 0.3 is 0 Å². The second-order valence-corrected chi connectivity index (χ2v) is 4.48. The fraction of sp³-hybridized carbons (Fsp3) is 0.533. The Balaban J connectivity index is 2.47. The van der Waals surface area contributed by atoms with Gasteiger partial charge in [-0.25, -0.2) is 0 Å². The van der Waals surface area contributed by atoms with Gasteiger partial charge in [-0.15, -0.1) is 0 Å². The summed E-state index contributed by atoms with van der Waals surface area (Å²) in [6, 6.07) is 7.44. The minimum absolute atomic E-state index is 0.110. The molecule has 2 N–H and O–H groups in total. The smallest absolute Gasteiger partial charge is 0.149 e. The van der Waals surface area contributed by atoms with Crippen LogP contribution in [0.25, 0.3) is 0 Å². The summed E-state index contributed by atoms with van der Waals surface area (Å²) in [5, 5.41) is 0. The first-order valence-electron chi connectivity index (χ1n) is 6.67. The topological polar surface area (TPSA) is 52.3 Å². The third kappa shape index (κ3) is 4.88. The number of Topliss-reactive ketones (excluding diaryl/α,β-unsaturated/α-hetero) is 1. The quantitative estimate of drug-likeness (QED) is 0.721. The largest absolute Gasteiger partial charge is 0.494 e. The molecule has 1 aromatic carbocycles. The average molecular weight is 249 g/mol. The number of nitrogens with two attached hydrogens (primary N) is 1. The molecule has 0 saturated carbocycles. The molecule has 0 unspecified atom stereocenters. The van der Waals surface area contributed by atoms with E-state index in [9.17, 15) is 4.79 Å². The molecule has 1 atom stereocenters. The first kappa shape index (κ1) is 14.7. The summed E-state index contributed by atoms with van der Waals surface area (Å²) < 4.78 is 5.58. The summed E-state index contributed by atoms with van der Waals surface area (Å²) >= 11 is 0. The lowest BCUT2D eigenvalue weighted by Gasteiger charge is -2.10. The Morgan fingerprint density at radius 3 is 2.50 bits per heavy atom. The molecule has 0 aliphatic rings. The molecule has 3 heteroatoms. The number of ether oxygens (including phenoxy) is 1. The molecular weight excluding hydrogens is 226 g/mol. The highest BCUT2D eigenvalue weighted by molar-refractivity contribution is 5.83. The zero-order chi connectivity index (χ0) is 13.4. The van der Waals surface area contributed by atoms with Crippen LogP contribution in [0.3, 0.4) is 0 Å². The third-order valence-electron chi connectivity index (χ3n) is 2.91. The van der Waals surface area contributed by atoms with E-state index < -0.39 is 0 Å². The number of carbonyl (C=O) groups is 1. The van der Waals surface area contributed by atoms with Gasteiger partial charge in [-0.3, -0.25) is 4.79 Å². The van der Waals surface area contributed by atoms with Crippen molar-refractivity contribution in [2.75, 3.05) is 6.61 Å². The number of hydrogen-bond donors (Lipinski definition) is 1. The molecule has 0 aliphatic heterocycles. The maximum Gasteiger partial charge on any atom is 0.149 e. The summed E-state index contributed by atoms with van der Waals surface area (Å²) in [6.45, 7) is 4.73. The van der Waals surface area contributed by atoms with Crippen molar-refractivity contribution < 1.29 is 9.53 Å². The minimum atomic E-state index is -0.387. The van der Waals surface area contributed by atoms with E-state index in [0.717, 1.165) is 30.8 Å². The first-order valence-corrected chi connectivity index (χ1v) is 6.67. The molecule has 18 heavy (non-hydrogen) atoms. The van der Waals surface area contributed by atoms with E-state index in [0.29, 0.717) is 12.8 Å². The Bertz CT molecular complexity index is 359. The molecule has 1 aromatic rings. The van der Waals surface area contributed by atoms with Crippen LogP contribution in [0.2, 0.25) is 0 Å². The fourth-order valence-electron chi connectivity index (χ4n) is 1.69.